The van der Waals surface area contributed by atoms with Gasteiger partial charge in [0, 0.05) is 23.7 Å². The first-order valence-electron chi connectivity index (χ1n) is 13.0. The minimum Gasteiger partial charge on any atom is -0.491 e. The number of hydrogen-bond acceptors (Lipinski definition) is 7. The molecule has 10 heteroatoms. The first kappa shape index (κ1) is 23.4. The van der Waals surface area contributed by atoms with Gasteiger partial charge in [-0.05, 0) is 61.8 Å². The summed E-state index contributed by atoms with van der Waals surface area (Å²) in [5, 5.41) is 8.42. The number of benzene rings is 1. The summed E-state index contributed by atoms with van der Waals surface area (Å²) in [6.07, 6.45) is 9.49. The van der Waals surface area contributed by atoms with Crippen molar-refractivity contribution in [1.82, 2.24) is 40.0 Å². The summed E-state index contributed by atoms with van der Waals surface area (Å²) in [5.41, 5.74) is 6.05. The van der Waals surface area contributed by atoms with Crippen molar-refractivity contribution < 1.29 is 9.13 Å². The molecule has 1 saturated heterocycles. The van der Waals surface area contributed by atoms with E-state index in [4.69, 9.17) is 9.72 Å². The number of halogens is 1. The Labute approximate surface area is 223 Å². The summed E-state index contributed by atoms with van der Waals surface area (Å²) < 4.78 is 19.4. The molecular formula is C29H25FN8O. The Hall–Kier alpha value is -4.70. The molecule has 7 rings (SSSR count). The molecule has 0 saturated carbocycles. The second-order valence-electron chi connectivity index (χ2n) is 9.64. The maximum absolute atomic E-state index is 13.5. The number of H-pyrrole nitrogens is 2. The molecule has 0 unspecified atom stereocenters. The van der Waals surface area contributed by atoms with Gasteiger partial charge in [-0.25, -0.2) is 9.37 Å². The first-order valence-corrected chi connectivity index (χ1v) is 13.0. The third-order valence-corrected chi connectivity index (χ3v) is 7.09. The maximum Gasteiger partial charge on any atom is 0.159 e. The molecule has 1 aromatic carbocycles. The van der Waals surface area contributed by atoms with Crippen molar-refractivity contribution in [2.75, 3.05) is 26.2 Å². The summed E-state index contributed by atoms with van der Waals surface area (Å²) in [5.74, 6) is 1.05. The van der Waals surface area contributed by atoms with Gasteiger partial charge in [-0.3, -0.25) is 25.0 Å². The van der Waals surface area contributed by atoms with Crippen molar-refractivity contribution >= 4 is 21.9 Å². The Morgan fingerprint density at radius 3 is 2.56 bits per heavy atom. The largest absolute Gasteiger partial charge is 0.491 e. The van der Waals surface area contributed by atoms with Crippen molar-refractivity contribution in [3.05, 3.63) is 73.1 Å². The van der Waals surface area contributed by atoms with Gasteiger partial charge in [0.25, 0.3) is 0 Å². The number of nitrogens with zero attached hydrogens (tertiary/aromatic N) is 6. The third-order valence-electron chi connectivity index (χ3n) is 7.09. The Morgan fingerprint density at radius 2 is 1.74 bits per heavy atom. The van der Waals surface area contributed by atoms with Crippen LogP contribution in [0.5, 0.6) is 5.75 Å². The normalized spacial score (nSPS) is 14.0. The minimum atomic E-state index is -0.289. The molecule has 1 aliphatic rings. The monoisotopic (exact) mass is 520 g/mol. The highest BCUT2D eigenvalue weighted by molar-refractivity contribution is 5.97. The number of aromatic amines is 2. The van der Waals surface area contributed by atoms with E-state index < -0.39 is 0 Å². The third kappa shape index (κ3) is 4.59. The van der Waals surface area contributed by atoms with E-state index in [2.05, 4.69) is 35.0 Å². The fraction of sp³-hybridized carbons (Fsp3) is 0.207. The van der Waals surface area contributed by atoms with Crippen molar-refractivity contribution in [3.8, 4) is 39.8 Å². The van der Waals surface area contributed by atoms with Gasteiger partial charge >= 0.3 is 0 Å². The zero-order valence-electron chi connectivity index (χ0n) is 21.1. The summed E-state index contributed by atoms with van der Waals surface area (Å²) in [7, 11) is 0. The smallest absolute Gasteiger partial charge is 0.159 e. The molecule has 6 aromatic rings. The van der Waals surface area contributed by atoms with Crippen LogP contribution in [0.25, 0.3) is 56.0 Å². The van der Waals surface area contributed by atoms with Crippen LogP contribution in [-0.2, 0) is 0 Å². The van der Waals surface area contributed by atoms with E-state index in [1.807, 2.05) is 18.2 Å². The average Bonchev–Trinajstić information content (AvgIpc) is 3.73. The van der Waals surface area contributed by atoms with Crippen LogP contribution in [0.1, 0.15) is 12.8 Å². The SMILES string of the molecule is Fc1ccc(-c2cncc3[nH]c(-c4n[nH]c5cnc(-c6ccc(OCCN7CCCC7)cn6)cc45)nc23)cc1. The molecule has 1 aliphatic heterocycles. The Morgan fingerprint density at radius 1 is 0.897 bits per heavy atom. The number of rotatable bonds is 7. The molecule has 0 bridgehead atoms. The molecule has 0 spiro atoms. The predicted molar refractivity (Wildman–Crippen MR) is 147 cm³/mol. The quantitative estimate of drug-likeness (QED) is 0.296. The lowest BCUT2D eigenvalue weighted by atomic mass is 10.1. The molecule has 5 aromatic heterocycles. The van der Waals surface area contributed by atoms with Gasteiger partial charge < -0.3 is 9.72 Å². The van der Waals surface area contributed by atoms with Crippen LogP contribution in [0.15, 0.2) is 67.3 Å². The van der Waals surface area contributed by atoms with Gasteiger partial charge in [-0.15, -0.1) is 0 Å². The average molecular weight is 521 g/mol. The van der Waals surface area contributed by atoms with Gasteiger partial charge in [-0.2, -0.15) is 5.10 Å². The van der Waals surface area contributed by atoms with Gasteiger partial charge in [0.05, 0.1) is 46.5 Å². The standard InChI is InChI=1S/C29H25FN8O/c30-19-5-3-18(4-6-19)22-15-31-16-26-27(22)35-29(34-26)28-21-13-24(33-17-25(21)36-37-28)23-8-7-20(14-32-23)39-12-11-38-9-1-2-10-38/h3-8,13-17H,1-2,9-12H2,(H,34,35)(H,36,37). The van der Waals surface area contributed by atoms with Crippen LogP contribution in [0.4, 0.5) is 4.39 Å². The lowest BCUT2D eigenvalue weighted by molar-refractivity contribution is 0.237. The number of fused-ring (bicyclic) bond motifs is 2. The van der Waals surface area contributed by atoms with Crippen molar-refractivity contribution in [3.63, 3.8) is 0 Å². The van der Waals surface area contributed by atoms with Crippen molar-refractivity contribution in [1.29, 1.82) is 0 Å². The first-order chi connectivity index (χ1) is 19.2. The van der Waals surface area contributed by atoms with E-state index in [0.29, 0.717) is 18.1 Å². The second-order valence-corrected chi connectivity index (χ2v) is 9.64. The Balaban J connectivity index is 1.17. The number of hydrogen-bond donors (Lipinski definition) is 2. The summed E-state index contributed by atoms with van der Waals surface area (Å²) in [6.45, 7) is 3.90. The fourth-order valence-corrected chi connectivity index (χ4v) is 5.04. The van der Waals surface area contributed by atoms with Crippen LogP contribution in [-0.4, -0.2) is 66.3 Å². The van der Waals surface area contributed by atoms with Crippen LogP contribution in [0.3, 0.4) is 0 Å². The number of aromatic nitrogens is 7. The zero-order valence-corrected chi connectivity index (χ0v) is 21.1. The van der Waals surface area contributed by atoms with Crippen molar-refractivity contribution in [2.24, 2.45) is 0 Å². The molecule has 0 radical (unpaired) electrons. The summed E-state index contributed by atoms with van der Waals surface area (Å²) in [4.78, 5) is 24.1. The fourth-order valence-electron chi connectivity index (χ4n) is 5.04. The predicted octanol–water partition coefficient (Wildman–Crippen LogP) is 5.24. The van der Waals surface area contributed by atoms with Crippen LogP contribution < -0.4 is 4.74 Å². The van der Waals surface area contributed by atoms with E-state index in [-0.39, 0.29) is 5.82 Å². The van der Waals surface area contributed by atoms with Crippen LogP contribution in [0, 0.1) is 5.82 Å². The number of pyridine rings is 3. The van der Waals surface area contributed by atoms with Gasteiger partial charge in [-0.1, -0.05) is 12.1 Å². The molecule has 0 aliphatic carbocycles. The highest BCUT2D eigenvalue weighted by atomic mass is 19.1. The van der Waals surface area contributed by atoms with Gasteiger partial charge in [0.1, 0.15) is 23.9 Å². The van der Waals surface area contributed by atoms with Gasteiger partial charge in [0.2, 0.25) is 0 Å². The maximum atomic E-state index is 13.5. The molecule has 6 heterocycles. The van der Waals surface area contributed by atoms with E-state index in [9.17, 15) is 4.39 Å². The highest BCUT2D eigenvalue weighted by Gasteiger charge is 2.17. The molecule has 39 heavy (non-hydrogen) atoms. The van der Waals surface area contributed by atoms with E-state index >= 15 is 0 Å². The van der Waals surface area contributed by atoms with E-state index in [0.717, 1.165) is 69.8 Å². The number of likely N-dealkylation sites (tertiary alicyclic amines) is 1. The minimum absolute atomic E-state index is 0.289. The summed E-state index contributed by atoms with van der Waals surface area (Å²) in [6, 6.07) is 12.1. The molecule has 2 N–H and O–H groups in total. The Bertz CT molecular complexity index is 1750. The van der Waals surface area contributed by atoms with Crippen LogP contribution in [0.2, 0.25) is 0 Å². The van der Waals surface area contributed by atoms with Crippen molar-refractivity contribution in [2.45, 2.75) is 12.8 Å². The summed E-state index contributed by atoms with van der Waals surface area (Å²) >= 11 is 0. The lowest BCUT2D eigenvalue weighted by Gasteiger charge is -2.14. The van der Waals surface area contributed by atoms with Gasteiger partial charge in [0.15, 0.2) is 5.82 Å². The molecule has 0 amide bonds. The number of ether oxygens (including phenoxy) is 1. The zero-order chi connectivity index (χ0) is 26.2. The molecular weight excluding hydrogens is 495 g/mol. The number of nitrogens with one attached hydrogen (secondary N) is 2. The molecule has 1 fully saturated rings. The highest BCUT2D eigenvalue weighted by Crippen LogP contribution is 2.32. The lowest BCUT2D eigenvalue weighted by Crippen LogP contribution is -2.25. The van der Waals surface area contributed by atoms with E-state index in [1.165, 1.54) is 25.0 Å². The molecule has 194 valence electrons. The number of imidazole rings is 1. The molecule has 9 nitrogen and oxygen atoms in total. The Kier molecular flexibility index (Phi) is 5.93. The van der Waals surface area contributed by atoms with Crippen LogP contribution >= 0.6 is 0 Å². The van der Waals surface area contributed by atoms with E-state index in [1.54, 1.807) is 36.9 Å². The molecule has 0 atom stereocenters. The topological polar surface area (TPSA) is 108 Å². The second kappa shape index (κ2) is 9.88.